The smallest absolute Gasteiger partial charge is 0.241 e. The van der Waals surface area contributed by atoms with Crippen molar-refractivity contribution in [2.24, 2.45) is 0 Å². The Kier molecular flexibility index (Phi) is 6.70. The first kappa shape index (κ1) is 13.9. The summed E-state index contributed by atoms with van der Waals surface area (Å²) in [5.74, 6) is -0.0976. The molecule has 0 spiro atoms. The summed E-state index contributed by atoms with van der Waals surface area (Å²) >= 11 is 0. The van der Waals surface area contributed by atoms with E-state index in [1.165, 1.54) is 4.90 Å². The predicted molar refractivity (Wildman–Crippen MR) is 59.5 cm³/mol. The van der Waals surface area contributed by atoms with E-state index in [-0.39, 0.29) is 24.9 Å². The molecule has 0 atom stereocenters. The van der Waals surface area contributed by atoms with Crippen molar-refractivity contribution < 1.29 is 9.59 Å². The van der Waals surface area contributed by atoms with Gasteiger partial charge < -0.3 is 15.1 Å². The van der Waals surface area contributed by atoms with Crippen LogP contribution in [-0.2, 0) is 9.59 Å². The number of amides is 2. The van der Waals surface area contributed by atoms with Gasteiger partial charge in [-0.05, 0) is 13.5 Å². The third-order valence-electron chi connectivity index (χ3n) is 2.22. The summed E-state index contributed by atoms with van der Waals surface area (Å²) in [4.78, 5) is 26.0. The maximum atomic E-state index is 11.5. The number of nitrogens with one attached hydrogen (secondary N) is 1. The van der Waals surface area contributed by atoms with Crippen molar-refractivity contribution in [3.05, 3.63) is 0 Å². The largest absolute Gasteiger partial charge is 0.345 e. The van der Waals surface area contributed by atoms with Gasteiger partial charge in [-0.2, -0.15) is 0 Å². The van der Waals surface area contributed by atoms with Gasteiger partial charge in [0, 0.05) is 20.6 Å². The van der Waals surface area contributed by atoms with Gasteiger partial charge in [-0.1, -0.05) is 6.92 Å². The van der Waals surface area contributed by atoms with Crippen molar-refractivity contribution in [1.82, 2.24) is 15.1 Å². The molecule has 0 unspecified atom stereocenters. The molecule has 15 heavy (non-hydrogen) atoms. The molecule has 0 saturated heterocycles. The number of nitrogens with zero attached hydrogens (tertiary/aromatic N) is 2. The van der Waals surface area contributed by atoms with Gasteiger partial charge in [-0.25, -0.2) is 0 Å². The Bertz CT molecular complexity index is 219. The third kappa shape index (κ3) is 5.37. The minimum atomic E-state index is -0.0605. The van der Waals surface area contributed by atoms with Gasteiger partial charge in [0.1, 0.15) is 0 Å². The zero-order valence-electron chi connectivity index (χ0n) is 10.0. The second-order valence-electron chi connectivity index (χ2n) is 3.44. The van der Waals surface area contributed by atoms with E-state index in [1.807, 2.05) is 13.8 Å². The molecule has 0 bridgehead atoms. The van der Waals surface area contributed by atoms with Gasteiger partial charge in [0.15, 0.2) is 0 Å². The second-order valence-corrected chi connectivity index (χ2v) is 3.44. The quantitative estimate of drug-likeness (QED) is 0.652. The highest BCUT2D eigenvalue weighted by Crippen LogP contribution is 1.89. The fraction of sp³-hybridized carbons (Fsp3) is 0.800. The standard InChI is InChI=1S/C10H21N3O2/c1-5-11-7-9(14)13(4)8-10(15)12(3)6-2/h11H,5-8H2,1-4H3. The number of likely N-dealkylation sites (N-methyl/N-ethyl adjacent to an activating group) is 3. The van der Waals surface area contributed by atoms with Crippen LogP contribution in [0.1, 0.15) is 13.8 Å². The zero-order chi connectivity index (χ0) is 11.8. The summed E-state index contributed by atoms with van der Waals surface area (Å²) in [7, 11) is 3.37. The first-order valence-corrected chi connectivity index (χ1v) is 5.21. The van der Waals surface area contributed by atoms with E-state index < -0.39 is 0 Å². The summed E-state index contributed by atoms with van der Waals surface area (Å²) in [6, 6.07) is 0. The summed E-state index contributed by atoms with van der Waals surface area (Å²) < 4.78 is 0. The van der Waals surface area contributed by atoms with E-state index in [0.717, 1.165) is 6.54 Å². The molecule has 0 aliphatic rings. The lowest BCUT2D eigenvalue weighted by atomic mass is 10.4. The third-order valence-corrected chi connectivity index (χ3v) is 2.22. The first-order valence-electron chi connectivity index (χ1n) is 5.21. The Morgan fingerprint density at radius 3 is 2.13 bits per heavy atom. The molecule has 0 radical (unpaired) electrons. The Morgan fingerprint density at radius 1 is 1.07 bits per heavy atom. The lowest BCUT2D eigenvalue weighted by Crippen LogP contribution is -2.42. The number of carbonyl (C=O) groups is 2. The Hall–Kier alpha value is -1.10. The van der Waals surface area contributed by atoms with Crippen molar-refractivity contribution in [3.63, 3.8) is 0 Å². The van der Waals surface area contributed by atoms with Crippen LogP contribution >= 0.6 is 0 Å². The Balaban J connectivity index is 3.95. The predicted octanol–water partition coefficient (Wildman–Crippen LogP) is -0.467. The molecule has 0 fully saturated rings. The molecular weight excluding hydrogens is 194 g/mol. The van der Waals surface area contributed by atoms with Gasteiger partial charge in [-0.15, -0.1) is 0 Å². The highest BCUT2D eigenvalue weighted by Gasteiger charge is 2.14. The van der Waals surface area contributed by atoms with Crippen LogP contribution in [0, 0.1) is 0 Å². The van der Waals surface area contributed by atoms with Crippen LogP contribution in [0.15, 0.2) is 0 Å². The maximum Gasteiger partial charge on any atom is 0.241 e. The van der Waals surface area contributed by atoms with Crippen LogP contribution in [0.3, 0.4) is 0 Å². The fourth-order valence-corrected chi connectivity index (χ4v) is 0.955. The Morgan fingerprint density at radius 2 is 1.67 bits per heavy atom. The highest BCUT2D eigenvalue weighted by molar-refractivity contribution is 5.85. The minimum Gasteiger partial charge on any atom is -0.345 e. The van der Waals surface area contributed by atoms with Crippen molar-refractivity contribution in [2.45, 2.75) is 13.8 Å². The molecule has 0 aromatic carbocycles. The second kappa shape index (κ2) is 7.23. The molecule has 1 N–H and O–H groups in total. The summed E-state index contributed by atoms with van der Waals surface area (Å²) in [5.41, 5.74) is 0. The van der Waals surface area contributed by atoms with Crippen LogP contribution < -0.4 is 5.32 Å². The van der Waals surface area contributed by atoms with Crippen LogP contribution in [0.5, 0.6) is 0 Å². The van der Waals surface area contributed by atoms with E-state index in [1.54, 1.807) is 19.0 Å². The number of hydrogen-bond acceptors (Lipinski definition) is 3. The van der Waals surface area contributed by atoms with Crippen molar-refractivity contribution in [2.75, 3.05) is 40.3 Å². The molecule has 88 valence electrons. The highest BCUT2D eigenvalue weighted by atomic mass is 16.2. The van der Waals surface area contributed by atoms with Crippen LogP contribution in [0.25, 0.3) is 0 Å². The molecule has 5 heteroatoms. The van der Waals surface area contributed by atoms with E-state index in [2.05, 4.69) is 5.32 Å². The first-order chi connectivity index (χ1) is 7.02. The molecule has 0 saturated carbocycles. The SMILES string of the molecule is CCNCC(=O)N(C)CC(=O)N(C)CC. The normalized spacial score (nSPS) is 9.87. The average Bonchev–Trinajstić information content (AvgIpc) is 2.24. The topological polar surface area (TPSA) is 52.7 Å². The van der Waals surface area contributed by atoms with Gasteiger partial charge in [0.25, 0.3) is 0 Å². The van der Waals surface area contributed by atoms with Gasteiger partial charge >= 0.3 is 0 Å². The molecule has 0 aliphatic heterocycles. The maximum absolute atomic E-state index is 11.5. The van der Waals surface area contributed by atoms with Crippen LogP contribution in [0.2, 0.25) is 0 Å². The molecule has 2 amide bonds. The molecule has 0 heterocycles. The molecule has 0 rings (SSSR count). The van der Waals surface area contributed by atoms with Crippen molar-refractivity contribution >= 4 is 11.8 Å². The Labute approximate surface area is 91.4 Å². The lowest BCUT2D eigenvalue weighted by molar-refractivity contribution is -0.138. The average molecular weight is 215 g/mol. The van der Waals surface area contributed by atoms with Crippen LogP contribution in [-0.4, -0.2) is 61.9 Å². The summed E-state index contributed by atoms with van der Waals surface area (Å²) in [6.07, 6.45) is 0. The lowest BCUT2D eigenvalue weighted by Gasteiger charge is -2.20. The fourth-order valence-electron chi connectivity index (χ4n) is 0.955. The monoisotopic (exact) mass is 215 g/mol. The van der Waals surface area contributed by atoms with Gasteiger partial charge in [-0.3, -0.25) is 9.59 Å². The summed E-state index contributed by atoms with van der Waals surface area (Å²) in [6.45, 7) is 5.68. The summed E-state index contributed by atoms with van der Waals surface area (Å²) in [5, 5.41) is 2.93. The molecule has 0 aromatic rings. The van der Waals surface area contributed by atoms with E-state index >= 15 is 0 Å². The van der Waals surface area contributed by atoms with E-state index in [9.17, 15) is 9.59 Å². The number of carbonyl (C=O) groups excluding carboxylic acids is 2. The molecule has 0 aromatic heterocycles. The number of hydrogen-bond donors (Lipinski definition) is 1. The van der Waals surface area contributed by atoms with Gasteiger partial charge in [0.2, 0.25) is 11.8 Å². The number of rotatable bonds is 6. The molecule has 0 aliphatic carbocycles. The van der Waals surface area contributed by atoms with Crippen molar-refractivity contribution in [1.29, 1.82) is 0 Å². The minimum absolute atomic E-state index is 0.0372. The van der Waals surface area contributed by atoms with Gasteiger partial charge in [0.05, 0.1) is 13.1 Å². The zero-order valence-corrected chi connectivity index (χ0v) is 10.0. The van der Waals surface area contributed by atoms with E-state index in [0.29, 0.717) is 6.54 Å². The van der Waals surface area contributed by atoms with Crippen molar-refractivity contribution in [3.8, 4) is 0 Å². The van der Waals surface area contributed by atoms with Crippen LogP contribution in [0.4, 0.5) is 0 Å². The molecular formula is C10H21N3O2. The molecule has 5 nitrogen and oxygen atoms in total. The van der Waals surface area contributed by atoms with E-state index in [4.69, 9.17) is 0 Å².